The molecule has 1 atom stereocenters. The molecule has 1 aliphatic heterocycles. The van der Waals surface area contributed by atoms with Gasteiger partial charge in [-0.25, -0.2) is 4.98 Å². The fourth-order valence-electron chi connectivity index (χ4n) is 2.94. The van der Waals surface area contributed by atoms with Crippen LogP contribution < -0.4 is 0 Å². The van der Waals surface area contributed by atoms with Crippen LogP contribution in [0.2, 0.25) is 0 Å². The first kappa shape index (κ1) is 14.7. The van der Waals surface area contributed by atoms with E-state index in [4.69, 9.17) is 0 Å². The maximum Gasteiger partial charge on any atom is 0.253 e. The summed E-state index contributed by atoms with van der Waals surface area (Å²) in [5, 5.41) is 16.2. The molecule has 6 nitrogen and oxygen atoms in total. The van der Waals surface area contributed by atoms with Crippen LogP contribution in [0.5, 0.6) is 0 Å². The zero-order valence-electron chi connectivity index (χ0n) is 12.6. The highest BCUT2D eigenvalue weighted by Gasteiger charge is 2.32. The second-order valence-corrected chi connectivity index (χ2v) is 6.21. The summed E-state index contributed by atoms with van der Waals surface area (Å²) >= 11 is 0. The third-order valence-corrected chi connectivity index (χ3v) is 4.25. The van der Waals surface area contributed by atoms with Crippen LogP contribution in [0.4, 0.5) is 0 Å². The van der Waals surface area contributed by atoms with Crippen molar-refractivity contribution in [3.8, 4) is 11.4 Å². The Bertz CT molecular complexity index is 656. The maximum absolute atomic E-state index is 12.7. The fraction of sp³-hybridized carbons (Fsp3) is 0.438. The summed E-state index contributed by atoms with van der Waals surface area (Å²) < 4.78 is 0. The number of carbonyl (C=O) groups is 1. The summed E-state index contributed by atoms with van der Waals surface area (Å²) in [5.74, 6) is 0.647. The van der Waals surface area contributed by atoms with Crippen LogP contribution >= 0.6 is 0 Å². The zero-order valence-corrected chi connectivity index (χ0v) is 12.6. The number of aromatic nitrogens is 3. The van der Waals surface area contributed by atoms with Crippen LogP contribution in [-0.4, -0.2) is 50.8 Å². The van der Waals surface area contributed by atoms with Crippen LogP contribution in [0.15, 0.2) is 30.6 Å². The molecule has 0 saturated carbocycles. The normalized spacial score (nSPS) is 21.8. The van der Waals surface area contributed by atoms with Gasteiger partial charge in [0.1, 0.15) is 6.33 Å². The number of hydrogen-bond acceptors (Lipinski definition) is 4. The highest BCUT2D eigenvalue weighted by Crippen LogP contribution is 2.29. The number of nitrogens with zero attached hydrogens (tertiary/aromatic N) is 3. The lowest BCUT2D eigenvalue weighted by molar-refractivity contribution is 0.0358. The summed E-state index contributed by atoms with van der Waals surface area (Å²) in [7, 11) is 0. The Balaban J connectivity index is 1.82. The molecule has 1 amide bonds. The smallest absolute Gasteiger partial charge is 0.253 e. The number of nitrogens with one attached hydrogen (secondary N) is 1. The van der Waals surface area contributed by atoms with E-state index in [0.29, 0.717) is 17.9 Å². The van der Waals surface area contributed by atoms with Gasteiger partial charge in [0.15, 0.2) is 5.82 Å². The highest BCUT2D eigenvalue weighted by atomic mass is 16.3. The maximum atomic E-state index is 12.7. The zero-order chi connectivity index (χ0) is 15.6. The molecular formula is C16H20N4O2. The first-order chi connectivity index (χ1) is 10.6. The number of hydrogen-bond donors (Lipinski definition) is 2. The van der Waals surface area contributed by atoms with Crippen LogP contribution in [-0.2, 0) is 0 Å². The largest absolute Gasteiger partial charge is 0.396 e. The number of carbonyl (C=O) groups excluding carboxylic acids is 1. The quantitative estimate of drug-likeness (QED) is 0.904. The van der Waals surface area contributed by atoms with Gasteiger partial charge in [-0.2, -0.15) is 5.10 Å². The van der Waals surface area contributed by atoms with Crippen LogP contribution in [0.3, 0.4) is 0 Å². The van der Waals surface area contributed by atoms with Gasteiger partial charge in [-0.3, -0.25) is 9.89 Å². The summed E-state index contributed by atoms with van der Waals surface area (Å²) in [6.45, 7) is 3.46. The Labute approximate surface area is 129 Å². The molecule has 0 bridgehead atoms. The van der Waals surface area contributed by atoms with Crippen molar-refractivity contribution in [2.75, 3.05) is 19.7 Å². The van der Waals surface area contributed by atoms with Crippen molar-refractivity contribution in [2.45, 2.75) is 19.8 Å². The number of rotatable bonds is 3. The van der Waals surface area contributed by atoms with Crippen molar-refractivity contribution < 1.29 is 9.90 Å². The van der Waals surface area contributed by atoms with Crippen molar-refractivity contribution in [1.29, 1.82) is 0 Å². The average molecular weight is 300 g/mol. The predicted molar refractivity (Wildman–Crippen MR) is 82.1 cm³/mol. The van der Waals surface area contributed by atoms with Gasteiger partial charge < -0.3 is 10.0 Å². The molecule has 1 unspecified atom stereocenters. The topological polar surface area (TPSA) is 82.1 Å². The van der Waals surface area contributed by atoms with E-state index < -0.39 is 0 Å². The minimum atomic E-state index is -0.198. The molecule has 0 aliphatic carbocycles. The molecule has 0 spiro atoms. The second kappa shape index (κ2) is 5.88. The first-order valence-corrected chi connectivity index (χ1v) is 7.47. The molecule has 1 fully saturated rings. The van der Waals surface area contributed by atoms with Gasteiger partial charge in [0.05, 0.1) is 6.61 Å². The average Bonchev–Trinajstić information content (AvgIpc) is 3.09. The first-order valence-electron chi connectivity index (χ1n) is 7.47. The van der Waals surface area contributed by atoms with Crippen LogP contribution in [0.1, 0.15) is 30.1 Å². The Morgan fingerprint density at radius 1 is 1.50 bits per heavy atom. The van der Waals surface area contributed by atoms with Crippen molar-refractivity contribution in [2.24, 2.45) is 5.41 Å². The van der Waals surface area contributed by atoms with E-state index in [1.807, 2.05) is 36.1 Å². The molecule has 22 heavy (non-hydrogen) atoms. The molecule has 2 aromatic rings. The van der Waals surface area contributed by atoms with Crippen LogP contribution in [0, 0.1) is 5.41 Å². The van der Waals surface area contributed by atoms with Gasteiger partial charge in [-0.1, -0.05) is 19.1 Å². The van der Waals surface area contributed by atoms with Gasteiger partial charge in [-0.05, 0) is 25.0 Å². The van der Waals surface area contributed by atoms with E-state index >= 15 is 0 Å². The highest BCUT2D eigenvalue weighted by molar-refractivity contribution is 5.95. The Morgan fingerprint density at radius 3 is 3.09 bits per heavy atom. The number of amides is 1. The molecule has 1 aromatic carbocycles. The lowest BCUT2D eigenvalue weighted by Gasteiger charge is -2.39. The van der Waals surface area contributed by atoms with Crippen molar-refractivity contribution in [3.05, 3.63) is 36.2 Å². The van der Waals surface area contributed by atoms with Gasteiger partial charge in [-0.15, -0.1) is 0 Å². The van der Waals surface area contributed by atoms with Crippen molar-refractivity contribution >= 4 is 5.91 Å². The molecule has 116 valence electrons. The molecule has 2 N–H and O–H groups in total. The van der Waals surface area contributed by atoms with E-state index in [0.717, 1.165) is 24.9 Å². The fourth-order valence-corrected chi connectivity index (χ4v) is 2.94. The minimum absolute atomic E-state index is 0.000685. The third kappa shape index (κ3) is 2.87. The third-order valence-electron chi connectivity index (χ3n) is 4.25. The number of benzene rings is 1. The Hall–Kier alpha value is -2.21. The van der Waals surface area contributed by atoms with Gasteiger partial charge in [0, 0.05) is 29.6 Å². The van der Waals surface area contributed by atoms with E-state index in [9.17, 15) is 9.90 Å². The summed E-state index contributed by atoms with van der Waals surface area (Å²) in [4.78, 5) is 18.7. The van der Waals surface area contributed by atoms with Gasteiger partial charge in [0.2, 0.25) is 0 Å². The minimum Gasteiger partial charge on any atom is -0.396 e. The SMILES string of the molecule is CC1(CO)CCCN(C(=O)c2cccc(-c3ncn[nH]3)c2)C1. The molecule has 2 heterocycles. The Morgan fingerprint density at radius 2 is 2.36 bits per heavy atom. The number of piperidine rings is 1. The summed E-state index contributed by atoms with van der Waals surface area (Å²) in [5.41, 5.74) is 1.28. The Kier molecular flexibility index (Phi) is 3.94. The molecule has 1 aromatic heterocycles. The predicted octanol–water partition coefficient (Wildman–Crippen LogP) is 1.71. The molecular weight excluding hydrogens is 280 g/mol. The molecule has 1 saturated heterocycles. The van der Waals surface area contributed by atoms with E-state index in [2.05, 4.69) is 15.2 Å². The standard InChI is InChI=1S/C16H20N4O2/c1-16(10-21)6-3-7-20(9-16)15(22)13-5-2-4-12(8-13)14-17-11-18-19-14/h2,4-5,8,11,21H,3,6-7,9-10H2,1H3,(H,17,18,19). The van der Waals surface area contributed by atoms with E-state index in [-0.39, 0.29) is 17.9 Å². The number of aliphatic hydroxyl groups excluding tert-OH is 1. The molecule has 0 radical (unpaired) electrons. The lowest BCUT2D eigenvalue weighted by Crippen LogP contribution is -2.46. The lowest BCUT2D eigenvalue weighted by atomic mass is 9.82. The number of aromatic amines is 1. The van der Waals surface area contributed by atoms with Crippen molar-refractivity contribution in [3.63, 3.8) is 0 Å². The molecule has 3 rings (SSSR count). The number of H-pyrrole nitrogens is 1. The van der Waals surface area contributed by atoms with E-state index in [1.165, 1.54) is 6.33 Å². The molecule has 6 heteroatoms. The number of aliphatic hydroxyl groups is 1. The summed E-state index contributed by atoms with van der Waals surface area (Å²) in [6.07, 6.45) is 3.32. The molecule has 1 aliphatic rings. The van der Waals surface area contributed by atoms with Crippen molar-refractivity contribution in [1.82, 2.24) is 20.1 Å². The van der Waals surface area contributed by atoms with Gasteiger partial charge >= 0.3 is 0 Å². The van der Waals surface area contributed by atoms with Crippen LogP contribution in [0.25, 0.3) is 11.4 Å². The van der Waals surface area contributed by atoms with E-state index in [1.54, 1.807) is 0 Å². The summed E-state index contributed by atoms with van der Waals surface area (Å²) in [6, 6.07) is 7.38. The monoisotopic (exact) mass is 300 g/mol. The number of likely N-dealkylation sites (tertiary alicyclic amines) is 1. The second-order valence-electron chi connectivity index (χ2n) is 6.21. The van der Waals surface area contributed by atoms with Gasteiger partial charge in [0.25, 0.3) is 5.91 Å².